The quantitative estimate of drug-likeness (QED) is 0.641. The van der Waals surface area contributed by atoms with E-state index in [1.807, 2.05) is 17.9 Å². The first-order valence-electron chi connectivity index (χ1n) is 4.54. The number of nitrogens with zero attached hydrogens (tertiary/aromatic N) is 2. The molecule has 0 aromatic carbocycles. The molecule has 74 valence electrons. The molecule has 13 heavy (non-hydrogen) atoms. The molecule has 0 fully saturated rings. The molecule has 1 heterocycles. The van der Waals surface area contributed by atoms with Gasteiger partial charge in [-0.3, -0.25) is 4.68 Å². The Bertz CT molecular complexity index is 257. The highest BCUT2D eigenvalue weighted by molar-refractivity contribution is 5.15. The number of hydrogen-bond acceptors (Lipinski definition) is 3. The normalized spacial score (nSPS) is 10.7. The van der Waals surface area contributed by atoms with Crippen molar-refractivity contribution in [2.75, 3.05) is 13.2 Å². The van der Waals surface area contributed by atoms with E-state index in [1.54, 1.807) is 0 Å². The number of rotatable bonds is 5. The van der Waals surface area contributed by atoms with Crippen molar-refractivity contribution in [3.63, 3.8) is 0 Å². The average molecular weight is 183 g/mol. The average Bonchev–Trinajstić information content (AvgIpc) is 2.43. The van der Waals surface area contributed by atoms with E-state index >= 15 is 0 Å². The Hall–Kier alpha value is -0.870. The summed E-state index contributed by atoms with van der Waals surface area (Å²) >= 11 is 0. The lowest BCUT2D eigenvalue weighted by Gasteiger charge is -2.02. The van der Waals surface area contributed by atoms with E-state index in [1.165, 1.54) is 11.3 Å². The Kier molecular flexibility index (Phi) is 3.92. The van der Waals surface area contributed by atoms with Crippen LogP contribution in [0, 0.1) is 6.92 Å². The maximum atomic E-state index is 8.57. The van der Waals surface area contributed by atoms with Gasteiger partial charge in [0.15, 0.2) is 0 Å². The molecule has 0 spiro atoms. The van der Waals surface area contributed by atoms with Gasteiger partial charge in [-0.1, -0.05) is 0 Å². The monoisotopic (exact) mass is 183 g/mol. The lowest BCUT2D eigenvalue weighted by Crippen LogP contribution is -2.16. The van der Waals surface area contributed by atoms with Crippen LogP contribution >= 0.6 is 0 Å². The fourth-order valence-electron chi connectivity index (χ4n) is 1.14. The lowest BCUT2D eigenvalue weighted by molar-refractivity contribution is 0.286. The van der Waals surface area contributed by atoms with Gasteiger partial charge >= 0.3 is 0 Å². The van der Waals surface area contributed by atoms with Crippen LogP contribution in [0.5, 0.6) is 0 Å². The Balaban J connectivity index is 2.32. The molecule has 1 rings (SSSR count). The molecule has 1 aromatic rings. The van der Waals surface area contributed by atoms with Crippen molar-refractivity contribution in [3.8, 4) is 0 Å². The third-order valence-corrected chi connectivity index (χ3v) is 2.16. The maximum absolute atomic E-state index is 8.57. The van der Waals surface area contributed by atoms with Crippen molar-refractivity contribution in [2.45, 2.75) is 19.9 Å². The number of aromatic nitrogens is 2. The lowest BCUT2D eigenvalue weighted by atomic mass is 10.2. The van der Waals surface area contributed by atoms with Gasteiger partial charge in [0.25, 0.3) is 0 Å². The Morgan fingerprint density at radius 3 is 2.92 bits per heavy atom. The minimum atomic E-state index is 0.249. The molecular weight excluding hydrogens is 166 g/mol. The second-order valence-electron chi connectivity index (χ2n) is 3.13. The third-order valence-electron chi connectivity index (χ3n) is 2.16. The van der Waals surface area contributed by atoms with E-state index in [-0.39, 0.29) is 6.61 Å². The summed E-state index contributed by atoms with van der Waals surface area (Å²) in [5.41, 5.74) is 2.41. The predicted octanol–water partition coefficient (Wildman–Crippen LogP) is 0.201. The summed E-state index contributed by atoms with van der Waals surface area (Å²) in [4.78, 5) is 0. The number of aliphatic hydroxyl groups is 1. The summed E-state index contributed by atoms with van der Waals surface area (Å²) in [6.07, 6.45) is 2.68. The van der Waals surface area contributed by atoms with E-state index in [0.717, 1.165) is 19.5 Å². The summed E-state index contributed by atoms with van der Waals surface area (Å²) in [6, 6.07) is 0. The molecule has 0 bridgehead atoms. The van der Waals surface area contributed by atoms with Crippen molar-refractivity contribution in [3.05, 3.63) is 17.5 Å². The molecule has 0 amide bonds. The minimum absolute atomic E-state index is 0.249. The number of aliphatic hydroxyl groups excluding tert-OH is 1. The van der Waals surface area contributed by atoms with Crippen LogP contribution in [0.25, 0.3) is 0 Å². The highest BCUT2D eigenvalue weighted by Gasteiger charge is 2.01. The summed E-state index contributed by atoms with van der Waals surface area (Å²) in [5, 5.41) is 16.0. The third kappa shape index (κ3) is 2.82. The van der Waals surface area contributed by atoms with E-state index in [4.69, 9.17) is 5.11 Å². The van der Waals surface area contributed by atoms with Gasteiger partial charge < -0.3 is 10.4 Å². The van der Waals surface area contributed by atoms with Crippen LogP contribution in [-0.4, -0.2) is 28.0 Å². The smallest absolute Gasteiger partial charge is 0.0537 e. The van der Waals surface area contributed by atoms with Gasteiger partial charge in [-0.2, -0.15) is 5.10 Å². The fourth-order valence-corrected chi connectivity index (χ4v) is 1.14. The van der Waals surface area contributed by atoms with E-state index < -0.39 is 0 Å². The second kappa shape index (κ2) is 4.99. The van der Waals surface area contributed by atoms with Crippen LogP contribution in [-0.2, 0) is 13.6 Å². The van der Waals surface area contributed by atoms with E-state index in [2.05, 4.69) is 17.3 Å². The highest BCUT2D eigenvalue weighted by atomic mass is 16.3. The molecule has 0 aliphatic heterocycles. The molecule has 2 N–H and O–H groups in total. The van der Waals surface area contributed by atoms with Crippen molar-refractivity contribution >= 4 is 0 Å². The van der Waals surface area contributed by atoms with Crippen LogP contribution in [0.1, 0.15) is 17.7 Å². The molecule has 0 aliphatic carbocycles. The first kappa shape index (κ1) is 10.2. The summed E-state index contributed by atoms with van der Waals surface area (Å²) < 4.78 is 1.86. The Labute approximate surface area is 78.6 Å². The molecule has 4 heteroatoms. The number of hydrogen-bond donors (Lipinski definition) is 2. The van der Waals surface area contributed by atoms with Gasteiger partial charge in [-0.05, 0) is 19.9 Å². The maximum Gasteiger partial charge on any atom is 0.0537 e. The van der Waals surface area contributed by atoms with Crippen molar-refractivity contribution in [2.24, 2.45) is 7.05 Å². The molecule has 0 unspecified atom stereocenters. The highest BCUT2D eigenvalue weighted by Crippen LogP contribution is 2.04. The predicted molar refractivity (Wildman–Crippen MR) is 51.4 cm³/mol. The van der Waals surface area contributed by atoms with Crippen LogP contribution in [0.3, 0.4) is 0 Å². The second-order valence-corrected chi connectivity index (χ2v) is 3.13. The van der Waals surface area contributed by atoms with Crippen LogP contribution < -0.4 is 5.32 Å². The summed E-state index contributed by atoms with van der Waals surface area (Å²) in [6.45, 7) is 3.99. The van der Waals surface area contributed by atoms with Crippen LogP contribution in [0.2, 0.25) is 0 Å². The van der Waals surface area contributed by atoms with E-state index in [9.17, 15) is 0 Å². The summed E-state index contributed by atoms with van der Waals surface area (Å²) in [7, 11) is 1.94. The standard InChI is InChI=1S/C9H17N3O/c1-8-9(7-11-12(8)2)6-10-4-3-5-13/h7,10,13H,3-6H2,1-2H3. The zero-order valence-electron chi connectivity index (χ0n) is 8.25. The SMILES string of the molecule is Cc1c(CNCCCO)cnn1C. The Morgan fingerprint density at radius 1 is 1.62 bits per heavy atom. The molecule has 0 saturated carbocycles. The fraction of sp³-hybridized carbons (Fsp3) is 0.667. The van der Waals surface area contributed by atoms with Crippen LogP contribution in [0.15, 0.2) is 6.20 Å². The first-order chi connectivity index (χ1) is 6.25. The van der Waals surface area contributed by atoms with Gasteiger partial charge in [0.1, 0.15) is 0 Å². The zero-order valence-corrected chi connectivity index (χ0v) is 8.25. The number of aryl methyl sites for hydroxylation is 1. The zero-order chi connectivity index (χ0) is 9.68. The molecule has 0 saturated heterocycles. The van der Waals surface area contributed by atoms with Gasteiger partial charge in [0, 0.05) is 31.5 Å². The molecular formula is C9H17N3O. The summed E-state index contributed by atoms with van der Waals surface area (Å²) in [5.74, 6) is 0. The topological polar surface area (TPSA) is 50.1 Å². The van der Waals surface area contributed by atoms with Crippen molar-refractivity contribution < 1.29 is 5.11 Å². The van der Waals surface area contributed by atoms with Gasteiger partial charge in [-0.25, -0.2) is 0 Å². The first-order valence-corrected chi connectivity index (χ1v) is 4.54. The van der Waals surface area contributed by atoms with Crippen molar-refractivity contribution in [1.82, 2.24) is 15.1 Å². The van der Waals surface area contributed by atoms with Gasteiger partial charge in [0.05, 0.1) is 6.20 Å². The molecule has 1 aromatic heterocycles. The molecule has 0 atom stereocenters. The van der Waals surface area contributed by atoms with Crippen LogP contribution in [0.4, 0.5) is 0 Å². The van der Waals surface area contributed by atoms with Crippen molar-refractivity contribution in [1.29, 1.82) is 0 Å². The molecule has 0 radical (unpaired) electrons. The van der Waals surface area contributed by atoms with E-state index in [0.29, 0.717) is 0 Å². The largest absolute Gasteiger partial charge is 0.396 e. The molecule has 0 aliphatic rings. The van der Waals surface area contributed by atoms with Gasteiger partial charge in [0.2, 0.25) is 0 Å². The molecule has 4 nitrogen and oxygen atoms in total. The Morgan fingerprint density at radius 2 is 2.38 bits per heavy atom. The minimum Gasteiger partial charge on any atom is -0.396 e. The van der Waals surface area contributed by atoms with Gasteiger partial charge in [-0.15, -0.1) is 0 Å². The number of nitrogens with one attached hydrogen (secondary N) is 1.